The molecular weight excluding hydrogens is 394 g/mol. The van der Waals surface area contributed by atoms with Gasteiger partial charge in [-0.25, -0.2) is 8.78 Å². The fraction of sp³-hybridized carbons (Fsp3) is 0.136. The lowest BCUT2D eigenvalue weighted by atomic mass is 10.1. The standard InChI is InChI=1S/C22H16F2N2O4/c23-15-6-7-19(18(24)12-15)25(13-17-5-2-10-30-17)22(29)14-3-1-4-16(11-14)26-20(27)8-9-21(26)28/h1-7,10-12H,8-9,13H2. The highest BCUT2D eigenvalue weighted by Crippen LogP contribution is 2.27. The van der Waals surface area contributed by atoms with Crippen LogP contribution < -0.4 is 9.80 Å². The summed E-state index contributed by atoms with van der Waals surface area (Å²) in [5.74, 6) is -2.57. The molecule has 3 aromatic rings. The number of hydrogen-bond donors (Lipinski definition) is 0. The molecule has 1 fully saturated rings. The van der Waals surface area contributed by atoms with E-state index in [0.29, 0.717) is 11.8 Å². The summed E-state index contributed by atoms with van der Waals surface area (Å²) in [6.07, 6.45) is 1.65. The van der Waals surface area contributed by atoms with E-state index in [9.17, 15) is 23.2 Å². The lowest BCUT2D eigenvalue weighted by molar-refractivity contribution is -0.121. The lowest BCUT2D eigenvalue weighted by Crippen LogP contribution is -2.32. The third-order valence-corrected chi connectivity index (χ3v) is 4.74. The molecule has 1 aromatic heterocycles. The number of furan rings is 1. The molecule has 0 atom stereocenters. The molecule has 0 radical (unpaired) electrons. The molecule has 6 nitrogen and oxygen atoms in total. The summed E-state index contributed by atoms with van der Waals surface area (Å²) in [5, 5.41) is 0. The van der Waals surface area contributed by atoms with Gasteiger partial charge >= 0.3 is 0 Å². The predicted molar refractivity (Wildman–Crippen MR) is 104 cm³/mol. The summed E-state index contributed by atoms with van der Waals surface area (Å²) in [4.78, 5) is 39.5. The maximum absolute atomic E-state index is 14.5. The number of nitrogens with zero attached hydrogens (tertiary/aromatic N) is 2. The van der Waals surface area contributed by atoms with Crippen LogP contribution in [0, 0.1) is 11.6 Å². The van der Waals surface area contributed by atoms with Gasteiger partial charge in [-0.1, -0.05) is 6.07 Å². The Morgan fingerprint density at radius 2 is 1.77 bits per heavy atom. The van der Waals surface area contributed by atoms with Gasteiger partial charge in [-0.05, 0) is 42.5 Å². The van der Waals surface area contributed by atoms with Crippen LogP contribution in [0.15, 0.2) is 65.3 Å². The quantitative estimate of drug-likeness (QED) is 0.595. The van der Waals surface area contributed by atoms with Crippen molar-refractivity contribution < 1.29 is 27.6 Å². The molecule has 8 heteroatoms. The van der Waals surface area contributed by atoms with E-state index in [2.05, 4.69) is 0 Å². The molecule has 1 aliphatic rings. The van der Waals surface area contributed by atoms with Crippen molar-refractivity contribution in [3.05, 3.63) is 83.8 Å². The number of halogens is 2. The highest BCUT2D eigenvalue weighted by atomic mass is 19.1. The number of amides is 3. The number of benzene rings is 2. The minimum Gasteiger partial charge on any atom is -0.467 e. The molecule has 152 valence electrons. The molecule has 0 saturated carbocycles. The Labute approximate surface area is 170 Å². The van der Waals surface area contributed by atoms with Gasteiger partial charge in [0, 0.05) is 24.5 Å². The van der Waals surface area contributed by atoms with Gasteiger partial charge in [0.05, 0.1) is 24.2 Å². The SMILES string of the molecule is O=C(c1cccc(N2C(=O)CCC2=O)c1)N(Cc1ccco1)c1ccc(F)cc1F. The zero-order valence-electron chi connectivity index (χ0n) is 15.7. The largest absolute Gasteiger partial charge is 0.467 e. The average Bonchev–Trinajstić information content (AvgIpc) is 3.35. The van der Waals surface area contributed by atoms with Crippen LogP contribution >= 0.6 is 0 Å². The summed E-state index contributed by atoms with van der Waals surface area (Å²) in [6.45, 7) is -0.0970. The molecule has 2 heterocycles. The second-order valence-corrected chi connectivity index (χ2v) is 6.74. The zero-order chi connectivity index (χ0) is 21.3. The van der Waals surface area contributed by atoms with E-state index < -0.39 is 17.5 Å². The van der Waals surface area contributed by atoms with Crippen LogP contribution in [0.1, 0.15) is 29.0 Å². The minimum atomic E-state index is -0.907. The van der Waals surface area contributed by atoms with E-state index in [1.165, 1.54) is 30.5 Å². The topological polar surface area (TPSA) is 70.8 Å². The first-order valence-corrected chi connectivity index (χ1v) is 9.19. The third kappa shape index (κ3) is 3.71. The van der Waals surface area contributed by atoms with Crippen molar-refractivity contribution in [3.8, 4) is 0 Å². The maximum Gasteiger partial charge on any atom is 0.258 e. The number of hydrogen-bond acceptors (Lipinski definition) is 4. The molecule has 0 spiro atoms. The van der Waals surface area contributed by atoms with Crippen molar-refractivity contribution in [2.24, 2.45) is 0 Å². The van der Waals surface area contributed by atoms with Crippen LogP contribution in [0.2, 0.25) is 0 Å². The number of carbonyl (C=O) groups is 3. The Morgan fingerprint density at radius 3 is 2.43 bits per heavy atom. The first-order chi connectivity index (χ1) is 14.4. The molecule has 0 aliphatic carbocycles. The predicted octanol–water partition coefficient (Wildman–Crippen LogP) is 4.06. The van der Waals surface area contributed by atoms with Crippen molar-refractivity contribution in [2.75, 3.05) is 9.80 Å². The normalized spacial score (nSPS) is 13.7. The molecule has 1 aliphatic heterocycles. The summed E-state index contributed by atoms with van der Waals surface area (Å²) in [5.41, 5.74) is 0.276. The van der Waals surface area contributed by atoms with Crippen molar-refractivity contribution in [3.63, 3.8) is 0 Å². The van der Waals surface area contributed by atoms with E-state index in [1.54, 1.807) is 18.2 Å². The van der Waals surface area contributed by atoms with Gasteiger partial charge in [-0.15, -0.1) is 0 Å². The molecule has 3 amide bonds. The summed E-state index contributed by atoms with van der Waals surface area (Å²) >= 11 is 0. The molecule has 30 heavy (non-hydrogen) atoms. The average molecular weight is 410 g/mol. The van der Waals surface area contributed by atoms with Crippen LogP contribution in [-0.4, -0.2) is 17.7 Å². The fourth-order valence-electron chi connectivity index (χ4n) is 3.32. The summed E-state index contributed by atoms with van der Waals surface area (Å²) < 4.78 is 33.1. The van der Waals surface area contributed by atoms with Crippen molar-refractivity contribution >= 4 is 29.1 Å². The number of rotatable bonds is 5. The first-order valence-electron chi connectivity index (χ1n) is 9.19. The second kappa shape index (κ2) is 7.90. The van der Waals surface area contributed by atoms with Crippen molar-refractivity contribution in [2.45, 2.75) is 19.4 Å². The number of anilines is 2. The van der Waals surface area contributed by atoms with Gasteiger partial charge in [0.1, 0.15) is 17.4 Å². The molecule has 1 saturated heterocycles. The third-order valence-electron chi connectivity index (χ3n) is 4.74. The van der Waals surface area contributed by atoms with Gasteiger partial charge in [-0.2, -0.15) is 0 Å². The lowest BCUT2D eigenvalue weighted by Gasteiger charge is -2.23. The molecule has 0 N–H and O–H groups in total. The molecular formula is C22H16F2N2O4. The van der Waals surface area contributed by atoms with Crippen LogP contribution in [0.5, 0.6) is 0 Å². The smallest absolute Gasteiger partial charge is 0.258 e. The van der Waals surface area contributed by atoms with E-state index >= 15 is 0 Å². The van der Waals surface area contributed by atoms with Crippen LogP contribution in [0.25, 0.3) is 0 Å². The Balaban J connectivity index is 1.72. The van der Waals surface area contributed by atoms with E-state index in [4.69, 9.17) is 4.42 Å². The molecule has 0 unspecified atom stereocenters. The van der Waals surface area contributed by atoms with Gasteiger partial charge in [0.15, 0.2) is 0 Å². The summed E-state index contributed by atoms with van der Waals surface area (Å²) in [7, 11) is 0. The first kappa shape index (κ1) is 19.5. The van der Waals surface area contributed by atoms with Crippen molar-refractivity contribution in [1.29, 1.82) is 0 Å². The van der Waals surface area contributed by atoms with E-state index in [0.717, 1.165) is 15.9 Å². The van der Waals surface area contributed by atoms with Gasteiger partial charge < -0.3 is 4.42 Å². The van der Waals surface area contributed by atoms with Crippen LogP contribution in [0.4, 0.5) is 20.2 Å². The molecule has 2 aromatic carbocycles. The van der Waals surface area contributed by atoms with Crippen LogP contribution in [0.3, 0.4) is 0 Å². The highest BCUT2D eigenvalue weighted by Gasteiger charge is 2.31. The maximum atomic E-state index is 14.5. The number of carbonyl (C=O) groups excluding carboxylic acids is 3. The van der Waals surface area contributed by atoms with Crippen LogP contribution in [-0.2, 0) is 16.1 Å². The van der Waals surface area contributed by atoms with Gasteiger partial charge in [-0.3, -0.25) is 24.2 Å². The Morgan fingerprint density at radius 1 is 1.00 bits per heavy atom. The Hall–Kier alpha value is -3.81. The van der Waals surface area contributed by atoms with E-state index in [-0.39, 0.29) is 48.1 Å². The summed E-state index contributed by atoms with van der Waals surface area (Å²) in [6, 6.07) is 12.1. The monoisotopic (exact) mass is 410 g/mol. The number of imide groups is 1. The molecule has 0 bridgehead atoms. The van der Waals surface area contributed by atoms with Crippen molar-refractivity contribution in [1.82, 2.24) is 0 Å². The Bertz CT molecular complexity index is 1110. The second-order valence-electron chi connectivity index (χ2n) is 6.74. The fourth-order valence-corrected chi connectivity index (χ4v) is 3.32. The van der Waals surface area contributed by atoms with E-state index in [1.807, 2.05) is 0 Å². The minimum absolute atomic E-state index is 0.0970. The van der Waals surface area contributed by atoms with Gasteiger partial charge in [0.2, 0.25) is 11.8 Å². The highest BCUT2D eigenvalue weighted by molar-refractivity contribution is 6.20. The van der Waals surface area contributed by atoms with Gasteiger partial charge in [0.25, 0.3) is 5.91 Å². The zero-order valence-corrected chi connectivity index (χ0v) is 15.7. The Kier molecular flexibility index (Phi) is 5.14. The molecule has 4 rings (SSSR count).